The highest BCUT2D eigenvalue weighted by Gasteiger charge is 2.56. The van der Waals surface area contributed by atoms with Gasteiger partial charge in [-0.1, -0.05) is 0 Å². The van der Waals surface area contributed by atoms with Crippen molar-refractivity contribution in [3.8, 4) is 0 Å². The lowest BCUT2D eigenvalue weighted by Crippen LogP contribution is -2.55. The minimum absolute atomic E-state index is 0.100. The quantitative estimate of drug-likeness (QED) is 0.792. The molecule has 0 aliphatic carbocycles. The van der Waals surface area contributed by atoms with E-state index in [4.69, 9.17) is 4.74 Å². The second-order valence-electron chi connectivity index (χ2n) is 8.11. The van der Waals surface area contributed by atoms with Crippen LogP contribution >= 0.6 is 0 Å². The molecule has 3 aliphatic rings. The Hall–Kier alpha value is -0.120. The van der Waals surface area contributed by atoms with Crippen molar-refractivity contribution in [1.29, 1.82) is 0 Å². The van der Waals surface area contributed by atoms with E-state index in [1.54, 1.807) is 0 Å². The molecule has 3 atom stereocenters. The lowest BCUT2D eigenvalue weighted by molar-refractivity contribution is -0.135. The van der Waals surface area contributed by atoms with E-state index in [0.717, 1.165) is 25.8 Å². The number of piperidine rings is 1. The summed E-state index contributed by atoms with van der Waals surface area (Å²) >= 11 is 0. The molecular formula is C16H29NO2. The molecule has 3 aliphatic heterocycles. The molecule has 19 heavy (non-hydrogen) atoms. The molecule has 3 heteroatoms. The normalized spacial score (nSPS) is 45.3. The molecule has 3 rings (SSSR count). The summed E-state index contributed by atoms with van der Waals surface area (Å²) < 4.78 is 6.20. The molecule has 0 bridgehead atoms. The van der Waals surface area contributed by atoms with E-state index in [1.807, 2.05) is 0 Å². The highest BCUT2D eigenvalue weighted by molar-refractivity contribution is 5.07. The number of ether oxygens (including phenoxy) is 1. The third-order valence-electron chi connectivity index (χ3n) is 5.64. The number of nitrogens with zero attached hydrogens (tertiary/aromatic N) is 1. The second kappa shape index (κ2) is 4.19. The van der Waals surface area contributed by atoms with Crippen LogP contribution in [0.3, 0.4) is 0 Å². The van der Waals surface area contributed by atoms with Crippen LogP contribution in [-0.2, 0) is 4.74 Å². The number of fused-ring (bicyclic) bond motifs is 1. The Labute approximate surface area is 117 Å². The first-order valence-corrected chi connectivity index (χ1v) is 7.89. The Balaban J connectivity index is 1.81. The van der Waals surface area contributed by atoms with Crippen LogP contribution in [-0.4, -0.2) is 45.9 Å². The molecule has 3 saturated heterocycles. The average molecular weight is 267 g/mol. The lowest BCUT2D eigenvalue weighted by atomic mass is 9.69. The molecule has 0 spiro atoms. The summed E-state index contributed by atoms with van der Waals surface area (Å²) in [6.07, 6.45) is 5.40. The van der Waals surface area contributed by atoms with Gasteiger partial charge in [-0.25, -0.2) is 0 Å². The Bertz CT molecular complexity index is 366. The fraction of sp³-hybridized carbons (Fsp3) is 1.00. The van der Waals surface area contributed by atoms with Crippen LogP contribution in [0.1, 0.15) is 59.8 Å². The van der Waals surface area contributed by atoms with Gasteiger partial charge in [-0.15, -0.1) is 0 Å². The second-order valence-corrected chi connectivity index (χ2v) is 8.11. The third kappa shape index (κ3) is 2.34. The van der Waals surface area contributed by atoms with E-state index < -0.39 is 5.60 Å². The lowest BCUT2D eigenvalue weighted by Gasteiger charge is -2.47. The van der Waals surface area contributed by atoms with Gasteiger partial charge in [0.05, 0.1) is 16.8 Å². The molecule has 1 N–H and O–H groups in total. The summed E-state index contributed by atoms with van der Waals surface area (Å²) in [4.78, 5) is 2.57. The van der Waals surface area contributed by atoms with E-state index in [9.17, 15) is 5.11 Å². The summed E-state index contributed by atoms with van der Waals surface area (Å²) in [5, 5.41) is 11.3. The minimum atomic E-state index is -0.525. The number of hydrogen-bond acceptors (Lipinski definition) is 3. The monoisotopic (exact) mass is 267 g/mol. The van der Waals surface area contributed by atoms with Gasteiger partial charge in [-0.2, -0.15) is 0 Å². The smallest absolute Gasteiger partial charge is 0.0731 e. The topological polar surface area (TPSA) is 32.7 Å². The van der Waals surface area contributed by atoms with Crippen molar-refractivity contribution in [2.45, 2.75) is 82.6 Å². The first-order valence-electron chi connectivity index (χ1n) is 7.89. The summed E-state index contributed by atoms with van der Waals surface area (Å²) in [5.74, 6) is 0.262. The zero-order valence-corrected chi connectivity index (χ0v) is 12.9. The molecule has 0 aromatic carbocycles. The van der Waals surface area contributed by atoms with Crippen molar-refractivity contribution in [3.05, 3.63) is 0 Å². The molecule has 0 amide bonds. The minimum Gasteiger partial charge on any atom is -0.389 e. The standard InChI is InChI=1S/C16H29NO2/c1-14(2)11-13(15(3,4)19-14)16(18)7-9-17-8-5-6-12(17)10-16/h12-13,18H,5-11H2,1-4H3. The highest BCUT2D eigenvalue weighted by Crippen LogP contribution is 2.51. The molecule has 3 fully saturated rings. The van der Waals surface area contributed by atoms with E-state index >= 15 is 0 Å². The maximum absolute atomic E-state index is 11.3. The Kier molecular flexibility index (Phi) is 3.05. The predicted molar refractivity (Wildman–Crippen MR) is 76.1 cm³/mol. The van der Waals surface area contributed by atoms with Gasteiger partial charge in [0.2, 0.25) is 0 Å². The van der Waals surface area contributed by atoms with Gasteiger partial charge in [-0.3, -0.25) is 0 Å². The van der Waals surface area contributed by atoms with Crippen LogP contribution in [0.2, 0.25) is 0 Å². The van der Waals surface area contributed by atoms with Crippen molar-refractivity contribution in [1.82, 2.24) is 4.90 Å². The SMILES string of the molecule is CC1(C)CC(C2(O)CCN3CCCC3C2)C(C)(C)O1. The molecule has 3 unspecified atom stereocenters. The average Bonchev–Trinajstić information content (AvgIpc) is 2.79. The number of rotatable bonds is 1. The fourth-order valence-corrected chi connectivity index (χ4v) is 4.98. The summed E-state index contributed by atoms with van der Waals surface area (Å²) in [6.45, 7) is 10.9. The van der Waals surface area contributed by atoms with E-state index in [0.29, 0.717) is 6.04 Å². The maximum atomic E-state index is 11.3. The van der Waals surface area contributed by atoms with Crippen LogP contribution in [0.5, 0.6) is 0 Å². The fourth-order valence-electron chi connectivity index (χ4n) is 4.98. The molecule has 0 saturated carbocycles. The van der Waals surface area contributed by atoms with Crippen molar-refractivity contribution >= 4 is 0 Å². The van der Waals surface area contributed by atoms with Gasteiger partial charge in [0.15, 0.2) is 0 Å². The van der Waals surface area contributed by atoms with Gasteiger partial charge < -0.3 is 14.7 Å². The first-order chi connectivity index (χ1) is 8.72. The summed E-state index contributed by atoms with van der Waals surface area (Å²) in [7, 11) is 0. The van der Waals surface area contributed by atoms with Gasteiger partial charge >= 0.3 is 0 Å². The van der Waals surface area contributed by atoms with E-state index in [-0.39, 0.29) is 17.1 Å². The molecule has 110 valence electrons. The van der Waals surface area contributed by atoms with Crippen molar-refractivity contribution < 1.29 is 9.84 Å². The van der Waals surface area contributed by atoms with Crippen molar-refractivity contribution in [2.24, 2.45) is 5.92 Å². The zero-order chi connectivity index (χ0) is 13.9. The summed E-state index contributed by atoms with van der Waals surface area (Å²) in [5.41, 5.74) is -0.835. The first kappa shape index (κ1) is 13.8. The van der Waals surface area contributed by atoms with Crippen molar-refractivity contribution in [3.63, 3.8) is 0 Å². The molecule has 0 aromatic rings. The molecule has 0 radical (unpaired) electrons. The van der Waals surface area contributed by atoms with E-state index in [2.05, 4.69) is 32.6 Å². The largest absolute Gasteiger partial charge is 0.389 e. The van der Waals surface area contributed by atoms with Crippen LogP contribution in [0.15, 0.2) is 0 Å². The predicted octanol–water partition coefficient (Wildman–Crippen LogP) is 2.57. The van der Waals surface area contributed by atoms with Gasteiger partial charge in [0.1, 0.15) is 0 Å². The van der Waals surface area contributed by atoms with Gasteiger partial charge in [0, 0.05) is 18.5 Å². The van der Waals surface area contributed by atoms with Crippen LogP contribution < -0.4 is 0 Å². The maximum Gasteiger partial charge on any atom is 0.0731 e. The molecule has 3 heterocycles. The van der Waals surface area contributed by atoms with Crippen LogP contribution in [0.25, 0.3) is 0 Å². The summed E-state index contributed by atoms with van der Waals surface area (Å²) in [6, 6.07) is 0.610. The van der Waals surface area contributed by atoms with Crippen LogP contribution in [0, 0.1) is 5.92 Å². The zero-order valence-electron chi connectivity index (χ0n) is 12.9. The molecular weight excluding hydrogens is 238 g/mol. The van der Waals surface area contributed by atoms with Gasteiger partial charge in [-0.05, 0) is 66.3 Å². The Morgan fingerprint density at radius 1 is 1.11 bits per heavy atom. The van der Waals surface area contributed by atoms with E-state index in [1.165, 1.54) is 19.4 Å². The highest BCUT2D eigenvalue weighted by atomic mass is 16.5. The van der Waals surface area contributed by atoms with Gasteiger partial charge in [0.25, 0.3) is 0 Å². The van der Waals surface area contributed by atoms with Crippen LogP contribution in [0.4, 0.5) is 0 Å². The van der Waals surface area contributed by atoms with Crippen molar-refractivity contribution in [2.75, 3.05) is 13.1 Å². The number of aliphatic hydroxyl groups is 1. The molecule has 3 nitrogen and oxygen atoms in total. The number of hydrogen-bond donors (Lipinski definition) is 1. The molecule has 0 aromatic heterocycles. The Morgan fingerprint density at radius 3 is 2.47 bits per heavy atom. The third-order valence-corrected chi connectivity index (χ3v) is 5.64. The Morgan fingerprint density at radius 2 is 1.84 bits per heavy atom.